The third-order valence-electron chi connectivity index (χ3n) is 3.20. The molecule has 0 heterocycles. The van der Waals surface area contributed by atoms with Gasteiger partial charge >= 0.3 is 11.9 Å². The van der Waals surface area contributed by atoms with Gasteiger partial charge in [-0.3, -0.25) is 4.79 Å². The average Bonchev–Trinajstić information content (AvgIpc) is 2.24. The van der Waals surface area contributed by atoms with Crippen LogP contribution in [0.15, 0.2) is 12.1 Å². The number of carbonyl (C=O) groups is 2. The van der Waals surface area contributed by atoms with Gasteiger partial charge in [-0.2, -0.15) is 0 Å². The summed E-state index contributed by atoms with van der Waals surface area (Å²) >= 11 is 0. The van der Waals surface area contributed by atoms with Crippen LogP contribution >= 0.6 is 0 Å². The van der Waals surface area contributed by atoms with Crippen LogP contribution in [0.2, 0.25) is 0 Å². The van der Waals surface area contributed by atoms with Crippen molar-refractivity contribution in [2.45, 2.75) is 59.3 Å². The lowest BCUT2D eigenvalue weighted by atomic mass is 9.78. The zero-order chi connectivity index (χ0) is 16.6. The van der Waals surface area contributed by atoms with Gasteiger partial charge in [0, 0.05) is 18.1 Å². The Morgan fingerprint density at radius 2 is 1.33 bits per heavy atom. The summed E-state index contributed by atoms with van der Waals surface area (Å²) in [6.45, 7) is 13.1. The van der Waals surface area contributed by atoms with Crippen LogP contribution in [0.1, 0.15) is 70.0 Å². The monoisotopic (exact) mass is 292 g/mol. The first-order chi connectivity index (χ1) is 9.34. The zero-order valence-electron chi connectivity index (χ0n) is 13.8. The highest BCUT2D eigenvalue weighted by Gasteiger charge is 2.29. The fourth-order valence-corrected chi connectivity index (χ4v) is 2.12. The van der Waals surface area contributed by atoms with E-state index in [4.69, 9.17) is 4.74 Å². The number of carboxylic acid groups (broad SMARTS) is 1. The molecule has 1 rings (SSSR count). The van der Waals surface area contributed by atoms with Gasteiger partial charge in [-0.15, -0.1) is 0 Å². The van der Waals surface area contributed by atoms with Gasteiger partial charge in [-0.05, 0) is 23.0 Å². The average molecular weight is 292 g/mol. The Labute approximate surface area is 126 Å². The molecular weight excluding hydrogens is 268 g/mol. The Balaban J connectivity index is 3.77. The summed E-state index contributed by atoms with van der Waals surface area (Å²) in [4.78, 5) is 22.8. The van der Waals surface area contributed by atoms with E-state index in [9.17, 15) is 14.7 Å². The molecule has 4 heteroatoms. The van der Waals surface area contributed by atoms with Gasteiger partial charge in [-0.25, -0.2) is 4.79 Å². The Bertz CT molecular complexity index is 536. The van der Waals surface area contributed by atoms with Crippen molar-refractivity contribution in [2.24, 2.45) is 0 Å². The van der Waals surface area contributed by atoms with Gasteiger partial charge in [0.1, 0.15) is 5.75 Å². The molecule has 1 aromatic rings. The maximum Gasteiger partial charge on any atom is 0.335 e. The lowest BCUT2D eigenvalue weighted by Gasteiger charge is -2.29. The third-order valence-corrected chi connectivity index (χ3v) is 3.20. The van der Waals surface area contributed by atoms with Crippen molar-refractivity contribution in [3.05, 3.63) is 28.8 Å². The summed E-state index contributed by atoms with van der Waals surface area (Å²) < 4.78 is 5.43. The molecule has 0 unspecified atom stereocenters. The number of rotatable bonds is 2. The quantitative estimate of drug-likeness (QED) is 0.663. The summed E-state index contributed by atoms with van der Waals surface area (Å²) in [6.07, 6.45) is 0. The molecule has 1 aromatic carbocycles. The highest BCUT2D eigenvalue weighted by Crippen LogP contribution is 2.40. The Kier molecular flexibility index (Phi) is 4.51. The fraction of sp³-hybridized carbons (Fsp3) is 0.529. The van der Waals surface area contributed by atoms with Crippen molar-refractivity contribution in [3.63, 3.8) is 0 Å². The maximum atomic E-state index is 11.5. The highest BCUT2D eigenvalue weighted by molar-refractivity contribution is 5.89. The molecule has 0 aliphatic carbocycles. The Morgan fingerprint density at radius 3 is 1.57 bits per heavy atom. The van der Waals surface area contributed by atoms with Crippen LogP contribution in [0.5, 0.6) is 5.75 Å². The van der Waals surface area contributed by atoms with Crippen molar-refractivity contribution in [1.29, 1.82) is 0 Å². The van der Waals surface area contributed by atoms with E-state index < -0.39 is 11.9 Å². The van der Waals surface area contributed by atoms with E-state index in [0.717, 1.165) is 11.1 Å². The first-order valence-corrected chi connectivity index (χ1v) is 6.94. The van der Waals surface area contributed by atoms with Gasteiger partial charge in [0.05, 0.1) is 5.56 Å². The zero-order valence-corrected chi connectivity index (χ0v) is 13.8. The first-order valence-electron chi connectivity index (χ1n) is 6.94. The summed E-state index contributed by atoms with van der Waals surface area (Å²) in [5.74, 6) is -0.915. The number of benzene rings is 1. The van der Waals surface area contributed by atoms with Gasteiger partial charge < -0.3 is 9.84 Å². The van der Waals surface area contributed by atoms with Crippen LogP contribution in [0.4, 0.5) is 0 Å². The van der Waals surface area contributed by atoms with E-state index in [-0.39, 0.29) is 16.4 Å². The minimum absolute atomic E-state index is 0.209. The number of carbonyl (C=O) groups excluding carboxylic acids is 1. The smallest absolute Gasteiger partial charge is 0.335 e. The lowest BCUT2D eigenvalue weighted by molar-refractivity contribution is -0.132. The first kappa shape index (κ1) is 17.2. The van der Waals surface area contributed by atoms with E-state index in [0.29, 0.717) is 5.75 Å². The van der Waals surface area contributed by atoms with E-state index in [1.54, 1.807) is 12.1 Å². The molecule has 0 bridgehead atoms. The molecule has 0 aliphatic rings. The number of hydrogen-bond donors (Lipinski definition) is 1. The lowest BCUT2D eigenvalue weighted by Crippen LogP contribution is -2.22. The molecule has 116 valence electrons. The molecule has 0 fully saturated rings. The van der Waals surface area contributed by atoms with Crippen LogP contribution in [-0.2, 0) is 15.6 Å². The number of aromatic carboxylic acids is 1. The summed E-state index contributed by atoms with van der Waals surface area (Å²) in [5.41, 5.74) is 0.984. The minimum Gasteiger partial charge on any atom is -0.478 e. The predicted molar refractivity (Wildman–Crippen MR) is 82.1 cm³/mol. The second kappa shape index (κ2) is 5.51. The van der Waals surface area contributed by atoms with E-state index in [1.807, 2.05) is 41.5 Å². The fourth-order valence-electron chi connectivity index (χ4n) is 2.12. The van der Waals surface area contributed by atoms with E-state index in [1.165, 1.54) is 6.92 Å². The van der Waals surface area contributed by atoms with Gasteiger partial charge in [0.2, 0.25) is 0 Å². The Morgan fingerprint density at radius 1 is 0.952 bits per heavy atom. The molecule has 1 N–H and O–H groups in total. The largest absolute Gasteiger partial charge is 0.478 e. The molecule has 0 amide bonds. The second-order valence-corrected chi connectivity index (χ2v) is 7.30. The van der Waals surface area contributed by atoms with Gasteiger partial charge in [0.25, 0.3) is 0 Å². The number of carboxylic acids is 1. The van der Waals surface area contributed by atoms with Crippen LogP contribution < -0.4 is 4.74 Å². The highest BCUT2D eigenvalue weighted by atomic mass is 16.5. The van der Waals surface area contributed by atoms with Crippen molar-refractivity contribution in [2.75, 3.05) is 0 Å². The standard InChI is InChI=1S/C17H24O4/c1-10(18)21-14-12(16(2,3)4)8-11(15(19)20)9-13(14)17(5,6)7/h8-9H,1-7H3,(H,19,20). The number of ether oxygens (including phenoxy) is 1. The minimum atomic E-state index is -0.986. The van der Waals surface area contributed by atoms with Crippen LogP contribution in [-0.4, -0.2) is 17.0 Å². The van der Waals surface area contributed by atoms with Crippen molar-refractivity contribution < 1.29 is 19.4 Å². The topological polar surface area (TPSA) is 63.6 Å². The molecule has 0 spiro atoms. The molecule has 4 nitrogen and oxygen atoms in total. The summed E-state index contributed by atoms with van der Waals surface area (Å²) in [7, 11) is 0. The normalized spacial score (nSPS) is 12.1. The van der Waals surface area contributed by atoms with Crippen molar-refractivity contribution in [3.8, 4) is 5.75 Å². The summed E-state index contributed by atoms with van der Waals surface area (Å²) in [6, 6.07) is 3.19. The van der Waals surface area contributed by atoms with Gasteiger partial charge in [-0.1, -0.05) is 41.5 Å². The molecule has 0 saturated carbocycles. The predicted octanol–water partition coefficient (Wildman–Crippen LogP) is 3.91. The molecule has 0 atom stereocenters. The van der Waals surface area contributed by atoms with Crippen LogP contribution in [0.25, 0.3) is 0 Å². The van der Waals surface area contributed by atoms with Crippen LogP contribution in [0.3, 0.4) is 0 Å². The Hall–Kier alpha value is -1.84. The van der Waals surface area contributed by atoms with Gasteiger partial charge in [0.15, 0.2) is 0 Å². The van der Waals surface area contributed by atoms with E-state index in [2.05, 4.69) is 0 Å². The third kappa shape index (κ3) is 4.06. The maximum absolute atomic E-state index is 11.5. The molecule has 0 aliphatic heterocycles. The van der Waals surface area contributed by atoms with Crippen molar-refractivity contribution in [1.82, 2.24) is 0 Å². The SMILES string of the molecule is CC(=O)Oc1c(C(C)(C)C)cc(C(=O)O)cc1C(C)(C)C. The molecule has 0 saturated heterocycles. The molecule has 0 aromatic heterocycles. The van der Waals surface area contributed by atoms with Crippen LogP contribution in [0, 0.1) is 0 Å². The second-order valence-electron chi connectivity index (χ2n) is 7.30. The number of hydrogen-bond acceptors (Lipinski definition) is 3. The molecule has 21 heavy (non-hydrogen) atoms. The van der Waals surface area contributed by atoms with E-state index >= 15 is 0 Å². The summed E-state index contributed by atoms with van der Waals surface area (Å²) in [5, 5.41) is 9.33. The van der Waals surface area contributed by atoms with Crippen molar-refractivity contribution >= 4 is 11.9 Å². The molecule has 0 radical (unpaired) electrons. The molecular formula is C17H24O4. The number of esters is 1.